The van der Waals surface area contributed by atoms with Gasteiger partial charge in [-0.1, -0.05) is 72.0 Å². The van der Waals surface area contributed by atoms with Crippen LogP contribution in [0.15, 0.2) is 42.5 Å². The quantitative estimate of drug-likeness (QED) is 0.560. The van der Waals surface area contributed by atoms with E-state index in [2.05, 4.69) is 43.4 Å². The Morgan fingerprint density at radius 1 is 1.00 bits per heavy atom. The average Bonchev–Trinajstić information content (AvgIpc) is 3.24. The van der Waals surface area contributed by atoms with Crippen LogP contribution in [0.4, 0.5) is 0 Å². The van der Waals surface area contributed by atoms with Gasteiger partial charge in [0.1, 0.15) is 6.04 Å². The first-order valence-electron chi connectivity index (χ1n) is 11.6. The first-order valence-corrected chi connectivity index (χ1v) is 12.8. The molecule has 1 saturated carbocycles. The molecule has 32 heavy (non-hydrogen) atoms. The molecule has 1 aliphatic rings. The highest BCUT2D eigenvalue weighted by atomic mass is 32.2. The van der Waals surface area contributed by atoms with Crippen molar-refractivity contribution in [1.82, 2.24) is 10.2 Å². The summed E-state index contributed by atoms with van der Waals surface area (Å²) in [6.07, 6.45) is 4.41. The summed E-state index contributed by atoms with van der Waals surface area (Å²) < 4.78 is 0. The summed E-state index contributed by atoms with van der Waals surface area (Å²) in [5.74, 6) is 1.11. The molecule has 0 bridgehead atoms. The van der Waals surface area contributed by atoms with Crippen LogP contribution >= 0.6 is 11.8 Å². The molecule has 0 unspecified atom stereocenters. The van der Waals surface area contributed by atoms with Crippen molar-refractivity contribution >= 4 is 23.6 Å². The van der Waals surface area contributed by atoms with Crippen LogP contribution in [-0.4, -0.2) is 34.6 Å². The van der Waals surface area contributed by atoms with Crippen LogP contribution in [0.3, 0.4) is 0 Å². The predicted octanol–water partition coefficient (Wildman–Crippen LogP) is 5.32. The van der Waals surface area contributed by atoms with E-state index in [1.165, 1.54) is 29.5 Å². The molecule has 1 fully saturated rings. The first kappa shape index (κ1) is 24.4. The Bertz CT molecular complexity index is 917. The van der Waals surface area contributed by atoms with E-state index in [9.17, 15) is 9.59 Å². The number of carbonyl (C=O) groups excluding carboxylic acids is 2. The van der Waals surface area contributed by atoms with Crippen LogP contribution in [-0.2, 0) is 21.9 Å². The van der Waals surface area contributed by atoms with E-state index in [4.69, 9.17) is 0 Å². The van der Waals surface area contributed by atoms with Gasteiger partial charge in [0, 0.05) is 18.3 Å². The summed E-state index contributed by atoms with van der Waals surface area (Å²) in [6, 6.07) is 14.4. The van der Waals surface area contributed by atoms with Crippen molar-refractivity contribution in [2.75, 3.05) is 5.75 Å². The standard InChI is InChI=1S/C27H36N2O2S/c1-19-8-7-9-23(13-19)16-29(22(4)27(31)28-25-10-5-6-11-25)26(30)18-32-17-24-14-20(2)12-21(3)15-24/h7-9,12-15,22,25H,5-6,10-11,16-18H2,1-4H3,(H,28,31)/t22-/m0/s1. The van der Waals surface area contributed by atoms with Crippen molar-refractivity contribution in [3.63, 3.8) is 0 Å². The van der Waals surface area contributed by atoms with Crippen LogP contribution in [0, 0.1) is 20.8 Å². The summed E-state index contributed by atoms with van der Waals surface area (Å²) in [4.78, 5) is 28.0. The lowest BCUT2D eigenvalue weighted by atomic mass is 10.1. The zero-order valence-corrected chi connectivity index (χ0v) is 20.6. The number of amides is 2. The smallest absolute Gasteiger partial charge is 0.242 e. The molecule has 0 heterocycles. The van der Waals surface area contributed by atoms with Gasteiger partial charge in [-0.05, 0) is 51.7 Å². The fourth-order valence-electron chi connectivity index (χ4n) is 4.47. The number of aryl methyl sites for hydroxylation is 3. The van der Waals surface area contributed by atoms with Gasteiger partial charge in [0.15, 0.2) is 0 Å². The maximum Gasteiger partial charge on any atom is 0.242 e. The van der Waals surface area contributed by atoms with Gasteiger partial charge in [-0.15, -0.1) is 11.8 Å². The molecule has 1 N–H and O–H groups in total. The van der Waals surface area contributed by atoms with Crippen LogP contribution in [0.1, 0.15) is 60.4 Å². The highest BCUT2D eigenvalue weighted by molar-refractivity contribution is 7.99. The first-order chi connectivity index (χ1) is 15.3. The second kappa shape index (κ2) is 11.6. The van der Waals surface area contributed by atoms with Crippen molar-refractivity contribution in [2.45, 2.75) is 77.8 Å². The minimum Gasteiger partial charge on any atom is -0.352 e. The minimum absolute atomic E-state index is 0.00922. The Kier molecular flexibility index (Phi) is 8.80. The molecule has 5 heteroatoms. The van der Waals surface area contributed by atoms with Gasteiger partial charge in [0.25, 0.3) is 0 Å². The van der Waals surface area contributed by atoms with Gasteiger partial charge in [-0.2, -0.15) is 0 Å². The van der Waals surface area contributed by atoms with E-state index in [1.807, 2.05) is 32.0 Å². The lowest BCUT2D eigenvalue weighted by Crippen LogP contribution is -2.50. The molecule has 2 aromatic rings. The van der Waals surface area contributed by atoms with Crippen molar-refractivity contribution in [2.24, 2.45) is 0 Å². The maximum atomic E-state index is 13.3. The van der Waals surface area contributed by atoms with Crippen LogP contribution in [0.25, 0.3) is 0 Å². The number of hydrogen-bond donors (Lipinski definition) is 1. The number of nitrogens with one attached hydrogen (secondary N) is 1. The molecule has 4 nitrogen and oxygen atoms in total. The summed E-state index contributed by atoms with van der Waals surface area (Å²) in [7, 11) is 0. The molecule has 2 aromatic carbocycles. The van der Waals surface area contributed by atoms with Crippen molar-refractivity contribution in [3.8, 4) is 0 Å². The third kappa shape index (κ3) is 7.13. The third-order valence-corrected chi connectivity index (χ3v) is 7.07. The number of thioether (sulfide) groups is 1. The topological polar surface area (TPSA) is 49.4 Å². The monoisotopic (exact) mass is 452 g/mol. The summed E-state index contributed by atoms with van der Waals surface area (Å²) in [5, 5.41) is 3.17. The third-order valence-electron chi connectivity index (χ3n) is 6.08. The lowest BCUT2D eigenvalue weighted by molar-refractivity contribution is -0.138. The van der Waals surface area contributed by atoms with Gasteiger partial charge < -0.3 is 10.2 Å². The second-order valence-corrected chi connectivity index (χ2v) is 10.2. The van der Waals surface area contributed by atoms with Crippen molar-refractivity contribution in [1.29, 1.82) is 0 Å². The van der Waals surface area contributed by atoms with E-state index in [1.54, 1.807) is 16.7 Å². The number of carbonyl (C=O) groups is 2. The molecule has 0 radical (unpaired) electrons. The van der Waals surface area contributed by atoms with Crippen LogP contribution < -0.4 is 5.32 Å². The van der Waals surface area contributed by atoms with E-state index in [0.29, 0.717) is 12.3 Å². The Morgan fingerprint density at radius 2 is 1.66 bits per heavy atom. The van der Waals surface area contributed by atoms with E-state index in [0.717, 1.165) is 29.7 Å². The van der Waals surface area contributed by atoms with Gasteiger partial charge in [0.2, 0.25) is 11.8 Å². The molecule has 172 valence electrons. The molecule has 0 aromatic heterocycles. The van der Waals surface area contributed by atoms with Crippen LogP contribution in [0.2, 0.25) is 0 Å². The predicted molar refractivity (Wildman–Crippen MR) is 134 cm³/mol. The summed E-state index contributed by atoms with van der Waals surface area (Å²) >= 11 is 1.61. The van der Waals surface area contributed by atoms with Gasteiger partial charge in [0.05, 0.1) is 5.75 Å². The Morgan fingerprint density at radius 3 is 2.31 bits per heavy atom. The van der Waals surface area contributed by atoms with E-state index in [-0.39, 0.29) is 17.9 Å². The molecular formula is C27H36N2O2S. The molecule has 3 rings (SSSR count). The van der Waals surface area contributed by atoms with Gasteiger partial charge in [-0.25, -0.2) is 0 Å². The SMILES string of the molecule is Cc1cc(C)cc(CSCC(=O)N(Cc2cccc(C)c2)[C@@H](C)C(=O)NC2CCCC2)c1. The number of rotatable bonds is 9. The maximum absolute atomic E-state index is 13.3. The average molecular weight is 453 g/mol. The highest BCUT2D eigenvalue weighted by Crippen LogP contribution is 2.20. The minimum atomic E-state index is -0.495. The summed E-state index contributed by atoms with van der Waals surface area (Å²) in [6.45, 7) is 8.54. The molecule has 0 spiro atoms. The summed E-state index contributed by atoms with van der Waals surface area (Å²) in [5.41, 5.74) is 5.92. The van der Waals surface area contributed by atoms with E-state index >= 15 is 0 Å². The molecule has 1 atom stereocenters. The fraction of sp³-hybridized carbons (Fsp3) is 0.481. The zero-order chi connectivity index (χ0) is 23.1. The molecule has 0 aliphatic heterocycles. The van der Waals surface area contributed by atoms with Crippen LogP contribution in [0.5, 0.6) is 0 Å². The number of hydrogen-bond acceptors (Lipinski definition) is 3. The molecular weight excluding hydrogens is 416 g/mol. The van der Waals surface area contributed by atoms with Gasteiger partial charge >= 0.3 is 0 Å². The normalized spacial score (nSPS) is 14.9. The molecule has 2 amide bonds. The molecule has 1 aliphatic carbocycles. The van der Waals surface area contributed by atoms with E-state index < -0.39 is 6.04 Å². The Balaban J connectivity index is 1.66. The largest absolute Gasteiger partial charge is 0.352 e. The fourth-order valence-corrected chi connectivity index (χ4v) is 5.32. The Labute approximate surface area is 197 Å². The lowest BCUT2D eigenvalue weighted by Gasteiger charge is -2.30. The van der Waals surface area contributed by atoms with Crippen molar-refractivity contribution < 1.29 is 9.59 Å². The Hall–Kier alpha value is -2.27. The van der Waals surface area contributed by atoms with Crippen molar-refractivity contribution in [3.05, 3.63) is 70.3 Å². The van der Waals surface area contributed by atoms with Gasteiger partial charge in [-0.3, -0.25) is 9.59 Å². The molecule has 0 saturated heterocycles. The second-order valence-electron chi connectivity index (χ2n) is 9.17. The highest BCUT2D eigenvalue weighted by Gasteiger charge is 2.28. The zero-order valence-electron chi connectivity index (χ0n) is 19.8. The number of benzene rings is 2. The number of nitrogens with zero attached hydrogens (tertiary/aromatic N) is 1.